The van der Waals surface area contributed by atoms with Gasteiger partial charge in [0.2, 0.25) is 0 Å². The van der Waals surface area contributed by atoms with Crippen LogP contribution in [0.5, 0.6) is 0 Å². The maximum atomic E-state index is 13.1. The van der Waals surface area contributed by atoms with Crippen LogP contribution in [0.1, 0.15) is 11.1 Å². The third-order valence-corrected chi connectivity index (χ3v) is 2.52. The Bertz CT molecular complexity index is 381. The van der Waals surface area contributed by atoms with Gasteiger partial charge in [0.05, 0.1) is 5.56 Å². The van der Waals surface area contributed by atoms with Crippen molar-refractivity contribution >= 4 is 21.5 Å². The van der Waals surface area contributed by atoms with Crippen LogP contribution in [0.2, 0.25) is 0 Å². The van der Waals surface area contributed by atoms with Crippen LogP contribution in [0, 0.1) is 5.82 Å². The van der Waals surface area contributed by atoms with Crippen molar-refractivity contribution in [3.05, 3.63) is 41.7 Å². The van der Waals surface area contributed by atoms with E-state index in [2.05, 4.69) is 22.5 Å². The van der Waals surface area contributed by atoms with Gasteiger partial charge in [0.15, 0.2) is 0 Å². The predicted octanol–water partition coefficient (Wildman–Crippen LogP) is 4.25. The van der Waals surface area contributed by atoms with Gasteiger partial charge in [-0.1, -0.05) is 28.6 Å². The Labute approximate surface area is 92.7 Å². The Hall–Kier alpha value is -0.840. The van der Waals surface area contributed by atoms with Crippen molar-refractivity contribution in [1.29, 1.82) is 0 Å². The molecule has 82 valence electrons. The van der Waals surface area contributed by atoms with Gasteiger partial charge in [-0.15, -0.1) is 0 Å². The van der Waals surface area contributed by atoms with Crippen LogP contribution in [0.4, 0.5) is 17.6 Å². The first-order valence-corrected chi connectivity index (χ1v) is 5.09. The second kappa shape index (κ2) is 4.35. The molecule has 0 aliphatic heterocycles. The largest absolute Gasteiger partial charge is 0.419 e. The molecule has 0 aromatic heterocycles. The molecule has 0 unspecified atom stereocenters. The molecular formula is C10H7BrF4. The molecule has 5 heteroatoms. The predicted molar refractivity (Wildman–Crippen MR) is 54.2 cm³/mol. The number of allylic oxidation sites excluding steroid dienone is 1. The highest BCUT2D eigenvalue weighted by molar-refractivity contribution is 9.09. The maximum absolute atomic E-state index is 13.1. The number of benzene rings is 1. The van der Waals surface area contributed by atoms with Crippen molar-refractivity contribution < 1.29 is 17.6 Å². The molecule has 0 atom stereocenters. The van der Waals surface area contributed by atoms with E-state index in [-0.39, 0.29) is 0 Å². The minimum atomic E-state index is -4.65. The average Bonchev–Trinajstić information content (AvgIpc) is 2.14. The zero-order valence-electron chi connectivity index (χ0n) is 7.54. The Morgan fingerprint density at radius 3 is 2.33 bits per heavy atom. The van der Waals surface area contributed by atoms with Crippen molar-refractivity contribution in [2.45, 2.75) is 6.18 Å². The van der Waals surface area contributed by atoms with E-state index in [9.17, 15) is 17.6 Å². The van der Waals surface area contributed by atoms with Gasteiger partial charge < -0.3 is 0 Å². The lowest BCUT2D eigenvalue weighted by molar-refractivity contribution is -0.140. The molecule has 0 amide bonds. The third kappa shape index (κ3) is 2.81. The van der Waals surface area contributed by atoms with Gasteiger partial charge >= 0.3 is 6.18 Å². The lowest BCUT2D eigenvalue weighted by Crippen LogP contribution is -2.08. The van der Waals surface area contributed by atoms with Crippen LogP contribution < -0.4 is 0 Å². The minimum absolute atomic E-state index is 0.359. The van der Waals surface area contributed by atoms with Crippen molar-refractivity contribution in [1.82, 2.24) is 0 Å². The first-order valence-electron chi connectivity index (χ1n) is 3.97. The normalized spacial score (nSPS) is 11.5. The summed E-state index contributed by atoms with van der Waals surface area (Å²) in [6.07, 6.45) is -4.65. The summed E-state index contributed by atoms with van der Waals surface area (Å²) in [5, 5.41) is 0.387. The van der Waals surface area contributed by atoms with Gasteiger partial charge in [-0.25, -0.2) is 4.39 Å². The van der Waals surface area contributed by atoms with Crippen LogP contribution in [0.25, 0.3) is 5.57 Å². The summed E-state index contributed by atoms with van der Waals surface area (Å²) < 4.78 is 49.6. The number of hydrogen-bond donors (Lipinski definition) is 0. The molecule has 0 saturated heterocycles. The molecule has 0 heterocycles. The molecule has 1 aromatic carbocycles. The van der Waals surface area contributed by atoms with Crippen molar-refractivity contribution in [3.63, 3.8) is 0 Å². The van der Waals surface area contributed by atoms with E-state index < -0.39 is 17.6 Å². The monoisotopic (exact) mass is 282 g/mol. The van der Waals surface area contributed by atoms with Crippen LogP contribution >= 0.6 is 15.9 Å². The smallest absolute Gasteiger partial charge is 0.206 e. The first kappa shape index (κ1) is 12.2. The fourth-order valence-electron chi connectivity index (χ4n) is 1.04. The molecule has 0 bridgehead atoms. The fourth-order valence-corrected chi connectivity index (χ4v) is 1.37. The summed E-state index contributed by atoms with van der Waals surface area (Å²) in [7, 11) is 0. The van der Waals surface area contributed by atoms with Gasteiger partial charge in [-0.3, -0.25) is 0 Å². The van der Waals surface area contributed by atoms with E-state index in [4.69, 9.17) is 0 Å². The Kier molecular flexibility index (Phi) is 3.54. The molecule has 0 fully saturated rings. The summed E-state index contributed by atoms with van der Waals surface area (Å²) in [5.41, 5.74) is -0.367. The topological polar surface area (TPSA) is 0 Å². The summed E-state index contributed by atoms with van der Waals surface area (Å²) in [5.74, 6) is -1.28. The molecule has 0 aliphatic rings. The SMILES string of the molecule is C=C(CBr)c1ccc(C(F)(F)F)c(F)c1. The zero-order chi connectivity index (χ0) is 11.6. The molecule has 15 heavy (non-hydrogen) atoms. The maximum Gasteiger partial charge on any atom is 0.419 e. The second-order valence-corrected chi connectivity index (χ2v) is 3.49. The molecule has 0 saturated carbocycles. The quantitative estimate of drug-likeness (QED) is 0.562. The van der Waals surface area contributed by atoms with Crippen molar-refractivity contribution in [3.8, 4) is 0 Å². The number of rotatable bonds is 2. The van der Waals surface area contributed by atoms with Crippen LogP contribution in [-0.4, -0.2) is 5.33 Å². The molecule has 0 nitrogen and oxygen atoms in total. The minimum Gasteiger partial charge on any atom is -0.206 e. The van der Waals surface area contributed by atoms with E-state index in [1.807, 2.05) is 0 Å². The Balaban J connectivity index is 3.15. The highest BCUT2D eigenvalue weighted by Crippen LogP contribution is 2.32. The fraction of sp³-hybridized carbons (Fsp3) is 0.200. The van der Waals surface area contributed by atoms with E-state index >= 15 is 0 Å². The van der Waals surface area contributed by atoms with Crippen molar-refractivity contribution in [2.75, 3.05) is 5.33 Å². The lowest BCUT2D eigenvalue weighted by Gasteiger charge is -2.09. The first-order chi connectivity index (χ1) is 6.86. The lowest BCUT2D eigenvalue weighted by atomic mass is 10.1. The van der Waals surface area contributed by atoms with Crippen LogP contribution in [-0.2, 0) is 6.18 Å². The van der Waals surface area contributed by atoms with Crippen molar-refractivity contribution in [2.24, 2.45) is 0 Å². The summed E-state index contributed by atoms with van der Waals surface area (Å²) in [6, 6.07) is 2.76. The summed E-state index contributed by atoms with van der Waals surface area (Å²) in [4.78, 5) is 0. The van der Waals surface area contributed by atoms with E-state index in [1.165, 1.54) is 6.07 Å². The summed E-state index contributed by atoms with van der Waals surface area (Å²) in [6.45, 7) is 3.58. The Morgan fingerprint density at radius 1 is 1.33 bits per heavy atom. The molecular weight excluding hydrogens is 276 g/mol. The number of alkyl halides is 4. The highest BCUT2D eigenvalue weighted by atomic mass is 79.9. The summed E-state index contributed by atoms with van der Waals surface area (Å²) >= 11 is 3.09. The van der Waals surface area contributed by atoms with Gasteiger partial charge in [0, 0.05) is 5.33 Å². The molecule has 1 rings (SSSR count). The molecule has 0 aliphatic carbocycles. The number of halogens is 5. The van der Waals surface area contributed by atoms with E-state index in [0.29, 0.717) is 16.5 Å². The highest BCUT2D eigenvalue weighted by Gasteiger charge is 2.33. The van der Waals surface area contributed by atoms with E-state index in [1.54, 1.807) is 0 Å². The third-order valence-electron chi connectivity index (χ3n) is 1.84. The standard InChI is InChI=1S/C10H7BrF4/c1-6(5-11)7-2-3-8(9(12)4-7)10(13,14)15/h2-4H,1,5H2. The van der Waals surface area contributed by atoms with Gasteiger partial charge in [-0.2, -0.15) is 13.2 Å². The molecule has 0 N–H and O–H groups in total. The van der Waals surface area contributed by atoms with E-state index in [0.717, 1.165) is 12.1 Å². The molecule has 0 spiro atoms. The van der Waals surface area contributed by atoms with Crippen LogP contribution in [0.3, 0.4) is 0 Å². The van der Waals surface area contributed by atoms with Gasteiger partial charge in [-0.05, 0) is 23.3 Å². The van der Waals surface area contributed by atoms with Gasteiger partial charge in [0.1, 0.15) is 5.82 Å². The second-order valence-electron chi connectivity index (χ2n) is 2.93. The zero-order valence-corrected chi connectivity index (χ0v) is 9.12. The average molecular weight is 283 g/mol. The Morgan fingerprint density at radius 2 is 1.93 bits per heavy atom. The molecule has 1 aromatic rings. The van der Waals surface area contributed by atoms with Gasteiger partial charge in [0.25, 0.3) is 0 Å². The number of hydrogen-bond acceptors (Lipinski definition) is 0. The molecule has 0 radical (unpaired) electrons. The van der Waals surface area contributed by atoms with Crippen LogP contribution in [0.15, 0.2) is 24.8 Å².